The van der Waals surface area contributed by atoms with E-state index in [0.29, 0.717) is 0 Å². The van der Waals surface area contributed by atoms with Crippen LogP contribution >= 0.6 is 0 Å². The Morgan fingerprint density at radius 3 is 2.23 bits per heavy atom. The van der Waals surface area contributed by atoms with E-state index >= 15 is 0 Å². The molecule has 0 unspecified atom stereocenters. The molecule has 13 heavy (non-hydrogen) atoms. The Bertz CT molecular complexity index is 339. The third-order valence-corrected chi connectivity index (χ3v) is 1.87. The van der Waals surface area contributed by atoms with Crippen LogP contribution in [0.15, 0.2) is 30.3 Å². The van der Waals surface area contributed by atoms with E-state index in [1.807, 2.05) is 30.3 Å². The molecule has 0 atom stereocenters. The van der Waals surface area contributed by atoms with Crippen molar-refractivity contribution >= 4 is 10.2 Å². The molecule has 74 valence electrons. The van der Waals surface area contributed by atoms with Crippen LogP contribution in [0.4, 0.5) is 4.70 Å². The van der Waals surface area contributed by atoms with E-state index in [1.165, 1.54) is 0 Å². The predicted octanol–water partition coefficient (Wildman–Crippen LogP) is 0.132. The maximum absolute atomic E-state index is 10.5. The molecule has 0 fully saturated rings. The molecule has 0 saturated carbocycles. The third-order valence-electron chi connectivity index (χ3n) is 1.32. The molecule has 0 aliphatic rings. The van der Waals surface area contributed by atoms with Crippen molar-refractivity contribution in [3.05, 3.63) is 35.9 Å². The Kier molecular flexibility index (Phi) is 4.53. The summed E-state index contributed by atoms with van der Waals surface area (Å²) < 4.78 is 23.1. The van der Waals surface area contributed by atoms with Crippen molar-refractivity contribution in [1.82, 2.24) is 4.72 Å². The lowest BCUT2D eigenvalue weighted by Crippen LogP contribution is -2.30. The highest BCUT2D eigenvalue weighted by atomic mass is 32.2. The van der Waals surface area contributed by atoms with Gasteiger partial charge in [-0.3, -0.25) is 4.70 Å². The molecule has 0 aromatic heterocycles. The molecule has 1 aromatic carbocycles. The van der Waals surface area contributed by atoms with E-state index < -0.39 is 10.2 Å². The van der Waals surface area contributed by atoms with Crippen LogP contribution < -0.4 is 9.86 Å². The fraction of sp³-hybridized carbons (Fsp3) is 0.143. The molecular formula is C7H11FN2O2S. The molecular weight excluding hydrogens is 195 g/mol. The zero-order chi connectivity index (χ0) is 9.03. The van der Waals surface area contributed by atoms with Crippen LogP contribution in [0.2, 0.25) is 0 Å². The van der Waals surface area contributed by atoms with Crippen molar-refractivity contribution in [2.45, 2.75) is 6.54 Å². The number of halogens is 1. The van der Waals surface area contributed by atoms with Gasteiger partial charge in [-0.2, -0.15) is 13.1 Å². The highest BCUT2D eigenvalue weighted by molar-refractivity contribution is 7.87. The molecule has 1 rings (SSSR count). The number of rotatable bonds is 3. The Labute approximate surface area is 76.3 Å². The number of hydrogen-bond donors (Lipinski definition) is 2. The van der Waals surface area contributed by atoms with Crippen LogP contribution in [0.1, 0.15) is 5.56 Å². The van der Waals surface area contributed by atoms with Gasteiger partial charge in [-0.1, -0.05) is 30.3 Å². The van der Waals surface area contributed by atoms with Crippen LogP contribution in [0, 0.1) is 0 Å². The summed E-state index contributed by atoms with van der Waals surface area (Å²) in [5.41, 5.74) is 0.881. The van der Waals surface area contributed by atoms with Crippen LogP contribution in [0.3, 0.4) is 0 Å². The maximum Gasteiger partial charge on any atom is 0.274 e. The van der Waals surface area contributed by atoms with Crippen LogP contribution in [0.25, 0.3) is 0 Å². The second kappa shape index (κ2) is 4.90. The van der Waals surface area contributed by atoms with Crippen molar-refractivity contribution in [2.24, 2.45) is 5.14 Å². The first kappa shape index (κ1) is 12.0. The smallest absolute Gasteiger partial charge is 0.269 e. The first-order valence-corrected chi connectivity index (χ1v) is 4.94. The summed E-state index contributed by atoms with van der Waals surface area (Å²) in [6.45, 7) is 0.236. The van der Waals surface area contributed by atoms with Gasteiger partial charge in [0.15, 0.2) is 0 Å². The van der Waals surface area contributed by atoms with Gasteiger partial charge < -0.3 is 0 Å². The molecule has 0 bridgehead atoms. The molecule has 0 amide bonds. The highest BCUT2D eigenvalue weighted by Crippen LogP contribution is 1.96. The summed E-state index contributed by atoms with van der Waals surface area (Å²) in [6, 6.07) is 9.16. The van der Waals surface area contributed by atoms with E-state index in [2.05, 4.69) is 4.72 Å². The minimum absolute atomic E-state index is 0. The minimum atomic E-state index is -3.57. The van der Waals surface area contributed by atoms with Crippen molar-refractivity contribution in [1.29, 1.82) is 0 Å². The second-order valence-corrected chi connectivity index (χ2v) is 3.73. The molecule has 0 heterocycles. The maximum atomic E-state index is 10.5. The van der Waals surface area contributed by atoms with Gasteiger partial charge in [0.25, 0.3) is 10.2 Å². The minimum Gasteiger partial charge on any atom is -0.269 e. The van der Waals surface area contributed by atoms with Gasteiger partial charge in [0, 0.05) is 6.54 Å². The van der Waals surface area contributed by atoms with Crippen molar-refractivity contribution in [3.8, 4) is 0 Å². The van der Waals surface area contributed by atoms with Crippen LogP contribution in [-0.4, -0.2) is 8.42 Å². The predicted molar refractivity (Wildman–Crippen MR) is 48.9 cm³/mol. The first-order valence-electron chi connectivity index (χ1n) is 3.39. The lowest BCUT2D eigenvalue weighted by molar-refractivity contribution is 0.583. The molecule has 0 spiro atoms. The number of nitrogens with one attached hydrogen (secondary N) is 1. The Morgan fingerprint density at radius 2 is 1.77 bits per heavy atom. The van der Waals surface area contributed by atoms with Crippen LogP contribution in [-0.2, 0) is 16.8 Å². The number of nitrogens with two attached hydrogens (primary N) is 1. The standard InChI is InChI=1S/C7H10N2O2S.FH/c8-12(10,11)9-6-7-4-2-1-3-5-7;/h1-5,9H,6H2,(H2,8,10,11);1H. The normalized spacial score (nSPS) is 10.5. The van der Waals surface area contributed by atoms with Gasteiger partial charge in [-0.05, 0) is 5.56 Å². The van der Waals surface area contributed by atoms with Crippen molar-refractivity contribution < 1.29 is 13.1 Å². The summed E-state index contributed by atoms with van der Waals surface area (Å²) in [4.78, 5) is 0. The van der Waals surface area contributed by atoms with E-state index in [1.54, 1.807) is 0 Å². The van der Waals surface area contributed by atoms with E-state index in [-0.39, 0.29) is 11.2 Å². The second-order valence-electron chi connectivity index (χ2n) is 2.35. The van der Waals surface area contributed by atoms with Crippen LogP contribution in [0.5, 0.6) is 0 Å². The first-order chi connectivity index (χ1) is 5.58. The highest BCUT2D eigenvalue weighted by Gasteiger charge is 1.99. The Balaban J connectivity index is 0.00000144. The monoisotopic (exact) mass is 206 g/mol. The van der Waals surface area contributed by atoms with Gasteiger partial charge in [-0.25, -0.2) is 5.14 Å². The van der Waals surface area contributed by atoms with Gasteiger partial charge in [0.2, 0.25) is 0 Å². The Hall–Kier alpha value is -0.980. The van der Waals surface area contributed by atoms with Gasteiger partial charge in [-0.15, -0.1) is 0 Å². The molecule has 0 aliphatic carbocycles. The summed E-state index contributed by atoms with van der Waals surface area (Å²) in [7, 11) is -3.57. The lowest BCUT2D eigenvalue weighted by Gasteiger charge is -2.00. The largest absolute Gasteiger partial charge is 0.274 e. The van der Waals surface area contributed by atoms with Gasteiger partial charge >= 0.3 is 0 Å². The average molecular weight is 206 g/mol. The fourth-order valence-corrected chi connectivity index (χ4v) is 1.15. The summed E-state index contributed by atoms with van der Waals surface area (Å²) >= 11 is 0. The van der Waals surface area contributed by atoms with Crippen molar-refractivity contribution in [3.63, 3.8) is 0 Å². The third kappa shape index (κ3) is 5.29. The topological polar surface area (TPSA) is 72.2 Å². The molecule has 3 N–H and O–H groups in total. The van der Waals surface area contributed by atoms with Gasteiger partial charge in [0.05, 0.1) is 0 Å². The molecule has 4 nitrogen and oxygen atoms in total. The lowest BCUT2D eigenvalue weighted by atomic mass is 10.2. The zero-order valence-electron chi connectivity index (χ0n) is 6.80. The SMILES string of the molecule is F.NS(=O)(=O)NCc1ccccc1. The Morgan fingerprint density at radius 1 is 1.23 bits per heavy atom. The quantitative estimate of drug-likeness (QED) is 0.738. The molecule has 0 saturated heterocycles. The van der Waals surface area contributed by atoms with E-state index in [4.69, 9.17) is 5.14 Å². The zero-order valence-corrected chi connectivity index (χ0v) is 7.62. The fourth-order valence-electron chi connectivity index (χ4n) is 0.780. The van der Waals surface area contributed by atoms with E-state index in [0.717, 1.165) is 5.56 Å². The summed E-state index contributed by atoms with van der Waals surface area (Å²) in [5, 5.41) is 4.74. The van der Waals surface area contributed by atoms with E-state index in [9.17, 15) is 8.42 Å². The molecule has 0 radical (unpaired) electrons. The molecule has 0 aliphatic heterocycles. The van der Waals surface area contributed by atoms with Gasteiger partial charge in [0.1, 0.15) is 0 Å². The average Bonchev–Trinajstić information content (AvgIpc) is 2.02. The number of benzene rings is 1. The molecule has 1 aromatic rings. The summed E-state index contributed by atoms with van der Waals surface area (Å²) in [5.74, 6) is 0. The summed E-state index contributed by atoms with van der Waals surface area (Å²) in [6.07, 6.45) is 0. The molecule has 6 heteroatoms. The van der Waals surface area contributed by atoms with Crippen molar-refractivity contribution in [2.75, 3.05) is 0 Å². The number of hydrogen-bond acceptors (Lipinski definition) is 2.